The highest BCUT2D eigenvalue weighted by molar-refractivity contribution is 5.73. The van der Waals surface area contributed by atoms with Crippen molar-refractivity contribution < 1.29 is 9.53 Å². The van der Waals surface area contributed by atoms with E-state index in [1.807, 2.05) is 73.1 Å². The van der Waals surface area contributed by atoms with Crippen LogP contribution in [-0.4, -0.2) is 22.9 Å². The van der Waals surface area contributed by atoms with Crippen molar-refractivity contribution in [3.63, 3.8) is 0 Å². The summed E-state index contributed by atoms with van der Waals surface area (Å²) in [7, 11) is 1.62. The summed E-state index contributed by atoms with van der Waals surface area (Å²) in [6.45, 7) is 4.83. The number of rotatable bonds is 6. The molecule has 3 rings (SSSR count). The number of carbonyl (C=O) groups is 1. The average Bonchev–Trinajstić information content (AvgIpc) is 2.99. The van der Waals surface area contributed by atoms with Crippen LogP contribution in [0.2, 0.25) is 0 Å². The first-order valence-corrected chi connectivity index (χ1v) is 8.83. The van der Waals surface area contributed by atoms with Crippen LogP contribution in [0.4, 0.5) is 4.79 Å². The van der Waals surface area contributed by atoms with Crippen LogP contribution < -0.4 is 15.4 Å². The van der Waals surface area contributed by atoms with E-state index < -0.39 is 0 Å². The first kappa shape index (κ1) is 18.5. The zero-order chi connectivity index (χ0) is 19.2. The van der Waals surface area contributed by atoms with E-state index in [9.17, 15) is 4.79 Å². The molecule has 27 heavy (non-hydrogen) atoms. The predicted octanol–water partition coefficient (Wildman–Crippen LogP) is 3.50. The van der Waals surface area contributed by atoms with Crippen LogP contribution in [0.5, 0.6) is 5.75 Å². The Bertz CT molecular complexity index is 919. The molecule has 6 nitrogen and oxygen atoms in total. The highest BCUT2D eigenvalue weighted by Gasteiger charge is 2.13. The fraction of sp³-hybridized carbons (Fsp3) is 0.238. The van der Waals surface area contributed by atoms with Gasteiger partial charge < -0.3 is 15.4 Å². The second-order valence-electron chi connectivity index (χ2n) is 6.28. The maximum Gasteiger partial charge on any atom is 0.315 e. The zero-order valence-corrected chi connectivity index (χ0v) is 15.8. The molecule has 0 atom stereocenters. The van der Waals surface area contributed by atoms with E-state index in [1.54, 1.807) is 7.11 Å². The molecule has 0 radical (unpaired) electrons. The lowest BCUT2D eigenvalue weighted by Crippen LogP contribution is -2.34. The van der Waals surface area contributed by atoms with Crippen LogP contribution in [0.3, 0.4) is 0 Å². The molecule has 1 aromatic heterocycles. The van der Waals surface area contributed by atoms with E-state index in [1.165, 1.54) is 0 Å². The Morgan fingerprint density at radius 1 is 1.04 bits per heavy atom. The summed E-state index contributed by atoms with van der Waals surface area (Å²) in [5.41, 5.74) is 4.94. The van der Waals surface area contributed by atoms with Gasteiger partial charge >= 0.3 is 6.03 Å². The predicted molar refractivity (Wildman–Crippen MR) is 105 cm³/mol. The summed E-state index contributed by atoms with van der Waals surface area (Å²) in [5, 5.41) is 10.4. The molecule has 2 N–H and O–H groups in total. The highest BCUT2D eigenvalue weighted by atomic mass is 16.5. The van der Waals surface area contributed by atoms with E-state index >= 15 is 0 Å². The van der Waals surface area contributed by atoms with Crippen molar-refractivity contribution >= 4 is 6.03 Å². The largest absolute Gasteiger partial charge is 0.497 e. The summed E-state index contributed by atoms with van der Waals surface area (Å²) >= 11 is 0. The van der Waals surface area contributed by atoms with Crippen LogP contribution in [-0.2, 0) is 13.1 Å². The maximum absolute atomic E-state index is 12.2. The van der Waals surface area contributed by atoms with Crippen molar-refractivity contribution in [2.45, 2.75) is 26.9 Å². The smallest absolute Gasteiger partial charge is 0.315 e. The summed E-state index contributed by atoms with van der Waals surface area (Å²) in [6.07, 6.45) is 0. The molecule has 0 aliphatic heterocycles. The van der Waals surface area contributed by atoms with Gasteiger partial charge in [0, 0.05) is 24.3 Å². The molecule has 2 amide bonds. The quantitative estimate of drug-likeness (QED) is 0.703. The van der Waals surface area contributed by atoms with Crippen LogP contribution in [0, 0.1) is 13.8 Å². The van der Waals surface area contributed by atoms with Gasteiger partial charge in [-0.05, 0) is 43.7 Å². The number of benzene rings is 2. The number of nitrogens with zero attached hydrogens (tertiary/aromatic N) is 2. The van der Waals surface area contributed by atoms with Gasteiger partial charge in [-0.15, -0.1) is 0 Å². The first-order valence-electron chi connectivity index (χ1n) is 8.83. The number of hydrogen-bond donors (Lipinski definition) is 2. The lowest BCUT2D eigenvalue weighted by Gasteiger charge is -2.09. The third-order valence-electron chi connectivity index (χ3n) is 4.45. The molecule has 2 aromatic carbocycles. The molecule has 140 valence electrons. The number of amides is 2. The molecule has 0 spiro atoms. The van der Waals surface area contributed by atoms with Crippen molar-refractivity contribution in [1.29, 1.82) is 0 Å². The number of para-hydroxylation sites is 1. The van der Waals surface area contributed by atoms with Crippen LogP contribution in [0.15, 0.2) is 54.6 Å². The minimum Gasteiger partial charge on any atom is -0.497 e. The van der Waals surface area contributed by atoms with Crippen LogP contribution >= 0.6 is 0 Å². The Balaban J connectivity index is 1.60. The van der Waals surface area contributed by atoms with Gasteiger partial charge in [-0.25, -0.2) is 9.48 Å². The summed E-state index contributed by atoms with van der Waals surface area (Å²) in [5.74, 6) is 0.772. The Kier molecular flexibility index (Phi) is 5.76. The molecule has 0 saturated heterocycles. The van der Waals surface area contributed by atoms with Crippen molar-refractivity contribution in [2.24, 2.45) is 0 Å². The fourth-order valence-electron chi connectivity index (χ4n) is 2.95. The Labute approximate surface area is 159 Å². The van der Waals surface area contributed by atoms with Gasteiger partial charge in [0.1, 0.15) is 5.75 Å². The number of urea groups is 1. The number of methoxy groups -OCH3 is 1. The molecule has 0 unspecified atom stereocenters. The van der Waals surface area contributed by atoms with Gasteiger partial charge in [-0.2, -0.15) is 5.10 Å². The minimum atomic E-state index is -0.218. The highest BCUT2D eigenvalue weighted by Crippen LogP contribution is 2.17. The molecule has 0 bridgehead atoms. The van der Waals surface area contributed by atoms with E-state index in [0.717, 1.165) is 34.0 Å². The van der Waals surface area contributed by atoms with Gasteiger partial charge in [0.2, 0.25) is 0 Å². The SMILES string of the molecule is COc1cccc(CNC(=O)NCc2c(C)nn(-c3ccccc3)c2C)c1. The number of hydrogen-bond acceptors (Lipinski definition) is 3. The van der Waals surface area contributed by atoms with Crippen molar-refractivity contribution in [2.75, 3.05) is 7.11 Å². The van der Waals surface area contributed by atoms with Gasteiger partial charge in [-0.1, -0.05) is 30.3 Å². The molecule has 1 heterocycles. The van der Waals surface area contributed by atoms with Gasteiger partial charge in [0.25, 0.3) is 0 Å². The Hall–Kier alpha value is -3.28. The molecule has 6 heteroatoms. The fourth-order valence-corrected chi connectivity index (χ4v) is 2.95. The summed E-state index contributed by atoms with van der Waals surface area (Å²) in [4.78, 5) is 12.2. The second kappa shape index (κ2) is 8.40. The number of ether oxygens (including phenoxy) is 1. The normalized spacial score (nSPS) is 10.5. The first-order chi connectivity index (χ1) is 13.1. The van der Waals surface area contributed by atoms with Crippen molar-refractivity contribution in [3.05, 3.63) is 77.1 Å². The molecule has 0 saturated carbocycles. The minimum absolute atomic E-state index is 0.218. The lowest BCUT2D eigenvalue weighted by molar-refractivity contribution is 0.240. The molecular weight excluding hydrogens is 340 g/mol. The van der Waals surface area contributed by atoms with Gasteiger partial charge in [0.15, 0.2) is 0 Å². The molecule has 0 fully saturated rings. The molecule has 0 aliphatic rings. The number of aromatic nitrogens is 2. The topological polar surface area (TPSA) is 68.2 Å². The summed E-state index contributed by atoms with van der Waals surface area (Å²) in [6, 6.07) is 17.4. The Morgan fingerprint density at radius 2 is 1.78 bits per heavy atom. The lowest BCUT2D eigenvalue weighted by atomic mass is 10.2. The summed E-state index contributed by atoms with van der Waals surface area (Å²) < 4.78 is 7.10. The maximum atomic E-state index is 12.2. The monoisotopic (exact) mass is 364 g/mol. The van der Waals surface area contributed by atoms with Crippen LogP contribution in [0.1, 0.15) is 22.5 Å². The molecular formula is C21H24N4O2. The van der Waals surface area contributed by atoms with Gasteiger partial charge in [-0.3, -0.25) is 0 Å². The van der Waals surface area contributed by atoms with E-state index in [0.29, 0.717) is 13.1 Å². The number of aryl methyl sites for hydroxylation is 1. The average molecular weight is 364 g/mol. The van der Waals surface area contributed by atoms with E-state index in [-0.39, 0.29) is 6.03 Å². The Morgan fingerprint density at radius 3 is 2.52 bits per heavy atom. The zero-order valence-electron chi connectivity index (χ0n) is 15.8. The number of carbonyl (C=O) groups excluding carboxylic acids is 1. The van der Waals surface area contributed by atoms with Crippen molar-refractivity contribution in [3.8, 4) is 11.4 Å². The molecule has 0 aliphatic carbocycles. The number of nitrogens with one attached hydrogen (secondary N) is 2. The second-order valence-corrected chi connectivity index (χ2v) is 6.28. The van der Waals surface area contributed by atoms with Crippen LogP contribution in [0.25, 0.3) is 5.69 Å². The van der Waals surface area contributed by atoms with Gasteiger partial charge in [0.05, 0.1) is 18.5 Å². The molecule has 3 aromatic rings. The van der Waals surface area contributed by atoms with E-state index in [2.05, 4.69) is 15.7 Å². The van der Waals surface area contributed by atoms with Crippen molar-refractivity contribution in [1.82, 2.24) is 20.4 Å². The third kappa shape index (κ3) is 4.47. The van der Waals surface area contributed by atoms with E-state index in [4.69, 9.17) is 4.74 Å². The third-order valence-corrected chi connectivity index (χ3v) is 4.45. The standard InChI is InChI=1S/C21H24N4O2/c1-15-20(16(2)25(24-15)18-9-5-4-6-10-18)14-23-21(26)22-13-17-8-7-11-19(12-17)27-3/h4-12H,13-14H2,1-3H3,(H2,22,23,26).